The molecule has 0 saturated heterocycles. The Kier molecular flexibility index (Phi) is 6.95. The maximum absolute atomic E-state index is 12.1. The SMILES string of the molecule is CCCOc1ccc(C(=O)NCC(=O)N/N=C\c2cccc3ccccc23)cc1. The van der Waals surface area contributed by atoms with Gasteiger partial charge in [0.2, 0.25) is 0 Å². The normalized spacial score (nSPS) is 10.8. The molecule has 2 N–H and O–H groups in total. The van der Waals surface area contributed by atoms with E-state index in [4.69, 9.17) is 4.74 Å². The third-order valence-electron chi connectivity index (χ3n) is 4.22. The molecule has 29 heavy (non-hydrogen) atoms. The number of amides is 2. The van der Waals surface area contributed by atoms with Crippen molar-refractivity contribution in [3.8, 4) is 5.75 Å². The molecule has 0 aromatic heterocycles. The fraction of sp³-hybridized carbons (Fsp3) is 0.174. The first kappa shape index (κ1) is 20.1. The summed E-state index contributed by atoms with van der Waals surface area (Å²) in [4.78, 5) is 24.1. The molecule has 0 unspecified atom stereocenters. The van der Waals surface area contributed by atoms with E-state index in [0.717, 1.165) is 22.8 Å². The van der Waals surface area contributed by atoms with Crippen LogP contribution in [-0.4, -0.2) is 31.2 Å². The summed E-state index contributed by atoms with van der Waals surface area (Å²) in [6, 6.07) is 20.6. The molecule has 0 radical (unpaired) electrons. The van der Waals surface area contributed by atoms with Gasteiger partial charge in [-0.3, -0.25) is 9.59 Å². The average molecular weight is 389 g/mol. The van der Waals surface area contributed by atoms with Crippen molar-refractivity contribution in [1.82, 2.24) is 10.7 Å². The molecule has 2 amide bonds. The number of hydrazone groups is 1. The lowest BCUT2D eigenvalue weighted by molar-refractivity contribution is -0.120. The number of benzene rings is 3. The van der Waals surface area contributed by atoms with Gasteiger partial charge >= 0.3 is 0 Å². The van der Waals surface area contributed by atoms with Crippen molar-refractivity contribution in [2.24, 2.45) is 5.10 Å². The molecule has 0 aliphatic rings. The van der Waals surface area contributed by atoms with Crippen molar-refractivity contribution in [1.29, 1.82) is 0 Å². The summed E-state index contributed by atoms with van der Waals surface area (Å²) >= 11 is 0. The van der Waals surface area contributed by atoms with Crippen LogP contribution in [0.1, 0.15) is 29.3 Å². The third kappa shape index (κ3) is 5.65. The van der Waals surface area contributed by atoms with Gasteiger partial charge in [0.05, 0.1) is 19.4 Å². The molecule has 148 valence electrons. The van der Waals surface area contributed by atoms with E-state index in [9.17, 15) is 9.59 Å². The Morgan fingerprint density at radius 1 is 1.00 bits per heavy atom. The van der Waals surface area contributed by atoms with Gasteiger partial charge in [-0.2, -0.15) is 5.10 Å². The van der Waals surface area contributed by atoms with Crippen LogP contribution in [-0.2, 0) is 4.79 Å². The number of hydrogen-bond donors (Lipinski definition) is 2. The number of ether oxygens (including phenoxy) is 1. The first-order chi connectivity index (χ1) is 14.2. The Morgan fingerprint density at radius 3 is 2.55 bits per heavy atom. The predicted octanol–water partition coefficient (Wildman–Crippen LogP) is 3.51. The number of carbonyl (C=O) groups is 2. The molecule has 0 bridgehead atoms. The van der Waals surface area contributed by atoms with Crippen LogP contribution in [0.15, 0.2) is 71.8 Å². The van der Waals surface area contributed by atoms with Crippen LogP contribution in [0.25, 0.3) is 10.8 Å². The van der Waals surface area contributed by atoms with Crippen LogP contribution in [0.5, 0.6) is 5.75 Å². The highest BCUT2D eigenvalue weighted by atomic mass is 16.5. The van der Waals surface area contributed by atoms with E-state index in [-0.39, 0.29) is 12.5 Å². The Morgan fingerprint density at radius 2 is 1.76 bits per heavy atom. The summed E-state index contributed by atoms with van der Waals surface area (Å²) in [7, 11) is 0. The van der Waals surface area contributed by atoms with E-state index >= 15 is 0 Å². The molecule has 6 nitrogen and oxygen atoms in total. The van der Waals surface area contributed by atoms with E-state index in [2.05, 4.69) is 15.8 Å². The second-order valence-corrected chi connectivity index (χ2v) is 6.42. The minimum Gasteiger partial charge on any atom is -0.494 e. The number of fused-ring (bicyclic) bond motifs is 1. The van der Waals surface area contributed by atoms with Crippen LogP contribution < -0.4 is 15.5 Å². The van der Waals surface area contributed by atoms with Crippen LogP contribution in [0.3, 0.4) is 0 Å². The molecule has 0 fully saturated rings. The molecule has 0 atom stereocenters. The Balaban J connectivity index is 1.49. The minimum absolute atomic E-state index is 0.167. The van der Waals surface area contributed by atoms with Crippen molar-refractivity contribution in [3.05, 3.63) is 77.9 Å². The molecule has 3 aromatic rings. The van der Waals surface area contributed by atoms with E-state index in [0.29, 0.717) is 17.9 Å². The summed E-state index contributed by atoms with van der Waals surface area (Å²) < 4.78 is 5.48. The zero-order valence-corrected chi connectivity index (χ0v) is 16.2. The highest BCUT2D eigenvalue weighted by Crippen LogP contribution is 2.16. The van der Waals surface area contributed by atoms with Gasteiger partial charge in [0, 0.05) is 11.1 Å². The molecule has 0 saturated carbocycles. The van der Waals surface area contributed by atoms with Crippen LogP contribution in [0.4, 0.5) is 0 Å². The average Bonchev–Trinajstić information content (AvgIpc) is 2.76. The lowest BCUT2D eigenvalue weighted by Gasteiger charge is -2.07. The topological polar surface area (TPSA) is 79.8 Å². The molecule has 3 aromatic carbocycles. The zero-order chi connectivity index (χ0) is 20.5. The summed E-state index contributed by atoms with van der Waals surface area (Å²) in [5.41, 5.74) is 3.79. The number of rotatable bonds is 8. The number of nitrogens with zero attached hydrogens (tertiary/aromatic N) is 1. The van der Waals surface area contributed by atoms with Crippen molar-refractivity contribution in [3.63, 3.8) is 0 Å². The van der Waals surface area contributed by atoms with Crippen molar-refractivity contribution >= 4 is 28.8 Å². The standard InChI is InChI=1S/C23H23N3O3/c1-2-14-29-20-12-10-18(11-13-20)23(28)24-16-22(27)26-25-15-19-8-5-7-17-6-3-4-9-21(17)19/h3-13,15H,2,14,16H2,1H3,(H,24,28)(H,26,27)/b25-15-. The monoisotopic (exact) mass is 389 g/mol. The lowest BCUT2D eigenvalue weighted by Crippen LogP contribution is -2.34. The smallest absolute Gasteiger partial charge is 0.259 e. The number of hydrogen-bond acceptors (Lipinski definition) is 4. The van der Waals surface area contributed by atoms with Gasteiger partial charge in [0.1, 0.15) is 5.75 Å². The lowest BCUT2D eigenvalue weighted by atomic mass is 10.1. The molecule has 0 aliphatic carbocycles. The first-order valence-electron chi connectivity index (χ1n) is 9.48. The van der Waals surface area contributed by atoms with Crippen LogP contribution in [0.2, 0.25) is 0 Å². The summed E-state index contributed by atoms with van der Waals surface area (Å²) in [5, 5.41) is 8.71. The summed E-state index contributed by atoms with van der Waals surface area (Å²) in [6.07, 6.45) is 2.51. The van der Waals surface area contributed by atoms with Crippen LogP contribution in [0, 0.1) is 0 Å². The summed E-state index contributed by atoms with van der Waals surface area (Å²) in [6.45, 7) is 2.49. The molecule has 0 spiro atoms. The number of carbonyl (C=O) groups excluding carboxylic acids is 2. The Labute approximate surface area is 169 Å². The van der Waals surface area contributed by atoms with E-state index < -0.39 is 5.91 Å². The maximum Gasteiger partial charge on any atom is 0.259 e. The van der Waals surface area contributed by atoms with Gasteiger partial charge in [-0.25, -0.2) is 5.43 Å². The largest absolute Gasteiger partial charge is 0.494 e. The molecule has 6 heteroatoms. The van der Waals surface area contributed by atoms with Crippen molar-refractivity contribution < 1.29 is 14.3 Å². The quantitative estimate of drug-likeness (QED) is 0.457. The number of nitrogens with one attached hydrogen (secondary N) is 2. The van der Waals surface area contributed by atoms with Gasteiger partial charge in [-0.1, -0.05) is 49.4 Å². The zero-order valence-electron chi connectivity index (χ0n) is 16.2. The first-order valence-corrected chi connectivity index (χ1v) is 9.48. The molecule has 3 rings (SSSR count). The second-order valence-electron chi connectivity index (χ2n) is 6.42. The Hall–Kier alpha value is -3.67. The predicted molar refractivity (Wildman–Crippen MR) is 114 cm³/mol. The highest BCUT2D eigenvalue weighted by molar-refractivity contribution is 6.00. The molecular weight excluding hydrogens is 366 g/mol. The second kappa shape index (κ2) is 10.0. The van der Waals surface area contributed by atoms with E-state index in [1.165, 1.54) is 0 Å². The van der Waals surface area contributed by atoms with Crippen molar-refractivity contribution in [2.75, 3.05) is 13.2 Å². The van der Waals surface area contributed by atoms with Gasteiger partial charge in [0.15, 0.2) is 0 Å². The minimum atomic E-state index is -0.405. The summed E-state index contributed by atoms with van der Waals surface area (Å²) in [5.74, 6) is -0.0260. The van der Waals surface area contributed by atoms with Gasteiger partial charge in [-0.05, 0) is 41.5 Å². The molecular formula is C23H23N3O3. The fourth-order valence-corrected chi connectivity index (χ4v) is 2.76. The van der Waals surface area contributed by atoms with E-state index in [1.807, 2.05) is 49.4 Å². The van der Waals surface area contributed by atoms with Crippen LogP contribution >= 0.6 is 0 Å². The van der Waals surface area contributed by atoms with Gasteiger partial charge in [-0.15, -0.1) is 0 Å². The molecule has 0 heterocycles. The van der Waals surface area contributed by atoms with Crippen molar-refractivity contribution in [2.45, 2.75) is 13.3 Å². The van der Waals surface area contributed by atoms with Gasteiger partial charge in [0.25, 0.3) is 11.8 Å². The maximum atomic E-state index is 12.1. The third-order valence-corrected chi connectivity index (χ3v) is 4.22. The Bertz CT molecular complexity index is 1010. The van der Waals surface area contributed by atoms with Gasteiger partial charge < -0.3 is 10.1 Å². The van der Waals surface area contributed by atoms with E-state index in [1.54, 1.807) is 30.5 Å². The fourth-order valence-electron chi connectivity index (χ4n) is 2.76. The molecule has 0 aliphatic heterocycles. The highest BCUT2D eigenvalue weighted by Gasteiger charge is 2.08.